The second-order valence-electron chi connectivity index (χ2n) is 4.57. The molecule has 0 radical (unpaired) electrons. The number of hydrogen-bond acceptors (Lipinski definition) is 3. The maximum absolute atomic E-state index is 11.6. The van der Waals surface area contributed by atoms with Crippen molar-refractivity contribution < 1.29 is 15.0 Å². The fourth-order valence-corrected chi connectivity index (χ4v) is 2.14. The Hall–Kier alpha value is -1.65. The zero-order chi connectivity index (χ0) is 13.0. The zero-order valence-electron chi connectivity index (χ0n) is 9.99. The Morgan fingerprint density at radius 3 is 2.56 bits per heavy atom. The summed E-state index contributed by atoms with van der Waals surface area (Å²) in [6, 6.07) is 9.18. The van der Waals surface area contributed by atoms with Crippen LogP contribution in [0.15, 0.2) is 42.5 Å². The second-order valence-corrected chi connectivity index (χ2v) is 4.57. The molecule has 4 heteroatoms. The molecule has 1 aromatic carbocycles. The smallest absolute Gasteiger partial charge is 0.248 e. The van der Waals surface area contributed by atoms with Gasteiger partial charge in [0.2, 0.25) is 5.91 Å². The van der Waals surface area contributed by atoms with Crippen LogP contribution < -0.4 is 5.32 Å². The highest BCUT2D eigenvalue weighted by Crippen LogP contribution is 2.27. The van der Waals surface area contributed by atoms with Crippen LogP contribution in [0, 0.1) is 5.92 Å². The molecule has 0 aliphatic heterocycles. The van der Waals surface area contributed by atoms with Gasteiger partial charge < -0.3 is 15.5 Å². The summed E-state index contributed by atoms with van der Waals surface area (Å²) >= 11 is 0. The van der Waals surface area contributed by atoms with Crippen molar-refractivity contribution in [2.45, 2.75) is 25.0 Å². The standard InChI is InChI=1S/C14H17NO3/c16-12-8-10(13(17)9-12)6-7-14(18)15-11-4-2-1-3-5-11/h1-7,10,12-13,16-17H,8-9H2,(H,15,18)/b7-6+/t10-,12+,13+/m0/s1. The lowest BCUT2D eigenvalue weighted by molar-refractivity contribution is -0.111. The third-order valence-electron chi connectivity index (χ3n) is 3.09. The number of rotatable bonds is 3. The highest BCUT2D eigenvalue weighted by molar-refractivity contribution is 5.99. The quantitative estimate of drug-likeness (QED) is 0.705. The van der Waals surface area contributed by atoms with Crippen molar-refractivity contribution in [3.63, 3.8) is 0 Å². The first-order valence-electron chi connectivity index (χ1n) is 6.05. The molecule has 0 heterocycles. The first-order chi connectivity index (χ1) is 8.65. The molecule has 3 atom stereocenters. The molecular formula is C14H17NO3. The van der Waals surface area contributed by atoms with E-state index in [1.165, 1.54) is 6.08 Å². The van der Waals surface area contributed by atoms with Crippen LogP contribution in [0.3, 0.4) is 0 Å². The van der Waals surface area contributed by atoms with Crippen molar-refractivity contribution in [3.8, 4) is 0 Å². The molecule has 1 aromatic rings. The highest BCUT2D eigenvalue weighted by Gasteiger charge is 2.29. The second kappa shape index (κ2) is 5.80. The third kappa shape index (κ3) is 3.42. The van der Waals surface area contributed by atoms with E-state index in [2.05, 4.69) is 5.32 Å². The molecule has 1 aliphatic rings. The predicted octanol–water partition coefficient (Wildman–Crippen LogP) is 1.31. The number of aliphatic hydroxyl groups excluding tert-OH is 2. The maximum Gasteiger partial charge on any atom is 0.248 e. The normalized spacial score (nSPS) is 27.6. The first-order valence-corrected chi connectivity index (χ1v) is 6.05. The molecule has 1 fully saturated rings. The van der Waals surface area contributed by atoms with Gasteiger partial charge in [-0.3, -0.25) is 4.79 Å². The molecule has 1 aliphatic carbocycles. The Morgan fingerprint density at radius 2 is 1.94 bits per heavy atom. The van der Waals surface area contributed by atoms with Crippen LogP contribution in [0.4, 0.5) is 5.69 Å². The Kier molecular flexibility index (Phi) is 4.12. The lowest BCUT2D eigenvalue weighted by atomic mass is 10.1. The number of amides is 1. The first kappa shape index (κ1) is 12.8. The largest absolute Gasteiger partial charge is 0.393 e. The number of anilines is 1. The third-order valence-corrected chi connectivity index (χ3v) is 3.09. The van der Waals surface area contributed by atoms with E-state index in [1.54, 1.807) is 18.2 Å². The Morgan fingerprint density at radius 1 is 1.22 bits per heavy atom. The summed E-state index contributed by atoms with van der Waals surface area (Å²) in [6.07, 6.45) is 2.96. The molecule has 4 nitrogen and oxygen atoms in total. The summed E-state index contributed by atoms with van der Waals surface area (Å²) < 4.78 is 0. The van der Waals surface area contributed by atoms with E-state index in [0.29, 0.717) is 12.8 Å². The van der Waals surface area contributed by atoms with Crippen LogP contribution in [0.1, 0.15) is 12.8 Å². The topological polar surface area (TPSA) is 69.6 Å². The molecule has 18 heavy (non-hydrogen) atoms. The number of benzene rings is 1. The van der Waals surface area contributed by atoms with Gasteiger partial charge in [0, 0.05) is 11.6 Å². The van der Waals surface area contributed by atoms with Gasteiger partial charge in [-0.15, -0.1) is 0 Å². The van der Waals surface area contributed by atoms with Gasteiger partial charge in [0.05, 0.1) is 12.2 Å². The van der Waals surface area contributed by atoms with Gasteiger partial charge in [-0.05, 0) is 31.1 Å². The summed E-state index contributed by atoms with van der Waals surface area (Å²) in [5.74, 6) is -0.365. The van der Waals surface area contributed by atoms with Crippen LogP contribution in [0.5, 0.6) is 0 Å². The monoisotopic (exact) mass is 247 g/mol. The summed E-state index contributed by atoms with van der Waals surface area (Å²) in [4.78, 5) is 11.6. The Labute approximate surface area is 106 Å². The number of nitrogens with one attached hydrogen (secondary N) is 1. The maximum atomic E-state index is 11.6. The van der Waals surface area contributed by atoms with E-state index in [0.717, 1.165) is 5.69 Å². The average molecular weight is 247 g/mol. The zero-order valence-corrected chi connectivity index (χ0v) is 9.99. The molecule has 96 valence electrons. The van der Waals surface area contributed by atoms with E-state index in [-0.39, 0.29) is 11.8 Å². The molecule has 0 bridgehead atoms. The van der Waals surface area contributed by atoms with Crippen molar-refractivity contribution in [1.29, 1.82) is 0 Å². The fourth-order valence-electron chi connectivity index (χ4n) is 2.14. The lowest BCUT2D eigenvalue weighted by Crippen LogP contribution is -2.12. The number of para-hydroxylation sites is 1. The van der Waals surface area contributed by atoms with Crippen LogP contribution in [-0.2, 0) is 4.79 Å². The SMILES string of the molecule is O=C(/C=C/[C@H]1C[C@@H](O)C[C@H]1O)Nc1ccccc1. The van der Waals surface area contributed by atoms with Crippen molar-refractivity contribution in [3.05, 3.63) is 42.5 Å². The molecule has 2 rings (SSSR count). The molecule has 0 spiro atoms. The Balaban J connectivity index is 1.88. The van der Waals surface area contributed by atoms with Crippen LogP contribution in [-0.4, -0.2) is 28.3 Å². The summed E-state index contributed by atoms with van der Waals surface area (Å²) in [5.41, 5.74) is 0.735. The molecule has 0 unspecified atom stereocenters. The van der Waals surface area contributed by atoms with Gasteiger partial charge in [-0.25, -0.2) is 0 Å². The van der Waals surface area contributed by atoms with Gasteiger partial charge in [0.25, 0.3) is 0 Å². The van der Waals surface area contributed by atoms with Crippen molar-refractivity contribution in [2.24, 2.45) is 5.92 Å². The Bertz CT molecular complexity index is 430. The van der Waals surface area contributed by atoms with Crippen LogP contribution >= 0.6 is 0 Å². The van der Waals surface area contributed by atoms with Gasteiger partial charge in [0.1, 0.15) is 0 Å². The van der Waals surface area contributed by atoms with Crippen molar-refractivity contribution in [2.75, 3.05) is 5.32 Å². The summed E-state index contributed by atoms with van der Waals surface area (Å²) in [7, 11) is 0. The van der Waals surface area contributed by atoms with Crippen LogP contribution in [0.25, 0.3) is 0 Å². The molecule has 3 N–H and O–H groups in total. The molecule has 0 aromatic heterocycles. The molecule has 0 saturated heterocycles. The van der Waals surface area contributed by atoms with Crippen LogP contribution in [0.2, 0.25) is 0 Å². The van der Waals surface area contributed by atoms with E-state index in [9.17, 15) is 15.0 Å². The predicted molar refractivity (Wildman–Crippen MR) is 68.9 cm³/mol. The number of carbonyl (C=O) groups is 1. The minimum absolute atomic E-state index is 0.137. The van der Waals surface area contributed by atoms with E-state index in [1.807, 2.05) is 18.2 Å². The number of hydrogen-bond donors (Lipinski definition) is 3. The molecular weight excluding hydrogens is 230 g/mol. The lowest BCUT2D eigenvalue weighted by Gasteiger charge is -2.07. The van der Waals surface area contributed by atoms with E-state index in [4.69, 9.17) is 0 Å². The molecule has 1 amide bonds. The van der Waals surface area contributed by atoms with Gasteiger partial charge in [-0.2, -0.15) is 0 Å². The fraction of sp³-hybridized carbons (Fsp3) is 0.357. The minimum atomic E-state index is -0.555. The molecule has 1 saturated carbocycles. The highest BCUT2D eigenvalue weighted by atomic mass is 16.3. The summed E-state index contributed by atoms with van der Waals surface area (Å²) in [6.45, 7) is 0. The van der Waals surface area contributed by atoms with E-state index < -0.39 is 12.2 Å². The number of aliphatic hydroxyl groups is 2. The van der Waals surface area contributed by atoms with Gasteiger partial charge in [0.15, 0.2) is 0 Å². The number of carbonyl (C=O) groups excluding carboxylic acids is 1. The van der Waals surface area contributed by atoms with Gasteiger partial charge in [-0.1, -0.05) is 24.3 Å². The summed E-state index contributed by atoms with van der Waals surface area (Å²) in [5, 5.41) is 21.7. The van der Waals surface area contributed by atoms with Gasteiger partial charge >= 0.3 is 0 Å². The van der Waals surface area contributed by atoms with E-state index >= 15 is 0 Å². The minimum Gasteiger partial charge on any atom is -0.393 e. The average Bonchev–Trinajstić information content (AvgIpc) is 2.66. The van der Waals surface area contributed by atoms with Crippen molar-refractivity contribution in [1.82, 2.24) is 0 Å². The van der Waals surface area contributed by atoms with Crippen molar-refractivity contribution >= 4 is 11.6 Å².